The highest BCUT2D eigenvalue weighted by Gasteiger charge is 2.46. The Morgan fingerprint density at radius 2 is 1.48 bits per heavy atom. The Labute approximate surface area is 131 Å². The third kappa shape index (κ3) is 4.00. The predicted octanol–water partition coefficient (Wildman–Crippen LogP) is 3.00. The first-order chi connectivity index (χ1) is 10.0. The van der Waals surface area contributed by atoms with Gasteiger partial charge in [0.1, 0.15) is 0 Å². The fraction of sp³-hybridized carbons (Fsp3) is 1.00. The summed E-state index contributed by atoms with van der Waals surface area (Å²) in [6.45, 7) is 11.9. The molecule has 0 aromatic carbocycles. The Balaban J connectivity index is 1.44. The summed E-state index contributed by atoms with van der Waals surface area (Å²) in [5, 5.41) is 0. The minimum Gasteiger partial charge on any atom is -0.378 e. The number of piperidine rings is 2. The van der Waals surface area contributed by atoms with Crippen LogP contribution in [0.4, 0.5) is 0 Å². The quantitative estimate of drug-likeness (QED) is 0.775. The summed E-state index contributed by atoms with van der Waals surface area (Å²) >= 11 is 0. The van der Waals surface area contributed by atoms with Gasteiger partial charge < -0.3 is 14.5 Å². The van der Waals surface area contributed by atoms with E-state index in [4.69, 9.17) is 4.74 Å². The Morgan fingerprint density at radius 1 is 0.905 bits per heavy atom. The van der Waals surface area contributed by atoms with E-state index < -0.39 is 0 Å². The van der Waals surface area contributed by atoms with Crippen LogP contribution < -0.4 is 0 Å². The van der Waals surface area contributed by atoms with Crippen LogP contribution in [0.15, 0.2) is 0 Å². The Morgan fingerprint density at radius 3 is 2.00 bits per heavy atom. The molecular weight excluding hydrogens is 260 g/mol. The first kappa shape index (κ1) is 15.8. The van der Waals surface area contributed by atoms with Crippen molar-refractivity contribution < 1.29 is 4.74 Å². The summed E-state index contributed by atoms with van der Waals surface area (Å²) in [5.41, 5.74) is 1.20. The van der Waals surface area contributed by atoms with Gasteiger partial charge in [-0.2, -0.15) is 0 Å². The molecule has 2 saturated heterocycles. The van der Waals surface area contributed by atoms with Gasteiger partial charge in [0.2, 0.25) is 0 Å². The topological polar surface area (TPSA) is 15.7 Å². The molecule has 3 nitrogen and oxygen atoms in total. The van der Waals surface area contributed by atoms with Crippen LogP contribution in [-0.4, -0.2) is 62.3 Å². The van der Waals surface area contributed by atoms with Crippen molar-refractivity contribution >= 4 is 0 Å². The van der Waals surface area contributed by atoms with E-state index in [2.05, 4.69) is 30.7 Å². The van der Waals surface area contributed by atoms with Crippen molar-refractivity contribution in [2.45, 2.75) is 58.5 Å². The van der Waals surface area contributed by atoms with Crippen molar-refractivity contribution in [2.75, 3.05) is 46.4 Å². The van der Waals surface area contributed by atoms with Crippen LogP contribution in [0.2, 0.25) is 0 Å². The molecule has 0 amide bonds. The van der Waals surface area contributed by atoms with Gasteiger partial charge in [-0.25, -0.2) is 0 Å². The van der Waals surface area contributed by atoms with Crippen LogP contribution in [0, 0.1) is 10.8 Å². The summed E-state index contributed by atoms with van der Waals surface area (Å²) in [7, 11) is 2.27. The number of ether oxygens (including phenoxy) is 1. The lowest BCUT2D eigenvalue weighted by Gasteiger charge is -2.47. The van der Waals surface area contributed by atoms with Crippen molar-refractivity contribution in [3.8, 4) is 0 Å². The lowest BCUT2D eigenvalue weighted by Crippen LogP contribution is -2.47. The molecule has 3 fully saturated rings. The van der Waals surface area contributed by atoms with Gasteiger partial charge in [-0.05, 0) is 91.0 Å². The van der Waals surface area contributed by atoms with E-state index in [9.17, 15) is 0 Å². The molecule has 0 aromatic heterocycles. The van der Waals surface area contributed by atoms with Gasteiger partial charge >= 0.3 is 0 Å². The van der Waals surface area contributed by atoms with E-state index in [1.54, 1.807) is 0 Å². The third-order valence-corrected chi connectivity index (χ3v) is 6.20. The highest BCUT2D eigenvalue weighted by Crippen LogP contribution is 2.48. The molecular formula is C18H34N2O. The average Bonchev–Trinajstić information content (AvgIpc) is 3.23. The standard InChI is InChI=1S/C18H34N2O/c1-16(2)21-15-18(4-5-18)14-20-12-8-17(9-13-20)6-10-19(3)11-7-17/h16H,4-15H2,1-3H3. The number of nitrogens with zero attached hydrogens (tertiary/aromatic N) is 2. The molecule has 0 radical (unpaired) electrons. The molecule has 2 heterocycles. The first-order valence-electron chi connectivity index (χ1n) is 9.04. The largest absolute Gasteiger partial charge is 0.378 e. The molecule has 0 aromatic rings. The van der Waals surface area contributed by atoms with Crippen LogP contribution in [0.25, 0.3) is 0 Å². The van der Waals surface area contributed by atoms with Gasteiger partial charge in [-0.1, -0.05) is 0 Å². The maximum Gasteiger partial charge on any atom is 0.0538 e. The van der Waals surface area contributed by atoms with Crippen molar-refractivity contribution in [1.29, 1.82) is 0 Å². The molecule has 3 heteroatoms. The van der Waals surface area contributed by atoms with Gasteiger partial charge in [-0.15, -0.1) is 0 Å². The van der Waals surface area contributed by atoms with Crippen LogP contribution in [-0.2, 0) is 4.74 Å². The highest BCUT2D eigenvalue weighted by molar-refractivity contribution is 4.98. The van der Waals surface area contributed by atoms with Gasteiger partial charge in [0.15, 0.2) is 0 Å². The second-order valence-corrected chi connectivity index (χ2v) is 8.44. The zero-order valence-corrected chi connectivity index (χ0v) is 14.4. The average molecular weight is 294 g/mol. The van der Waals surface area contributed by atoms with Gasteiger partial charge in [-0.3, -0.25) is 0 Å². The fourth-order valence-electron chi connectivity index (χ4n) is 4.12. The zero-order chi connectivity index (χ0) is 14.9. The lowest BCUT2D eigenvalue weighted by atomic mass is 9.71. The van der Waals surface area contributed by atoms with E-state index in [1.165, 1.54) is 71.2 Å². The molecule has 2 aliphatic heterocycles. The molecule has 0 bridgehead atoms. The molecule has 21 heavy (non-hydrogen) atoms. The minimum atomic E-state index is 0.381. The third-order valence-electron chi connectivity index (χ3n) is 6.20. The monoisotopic (exact) mass is 294 g/mol. The second-order valence-electron chi connectivity index (χ2n) is 8.44. The van der Waals surface area contributed by atoms with Crippen LogP contribution in [0.1, 0.15) is 52.4 Å². The van der Waals surface area contributed by atoms with Crippen molar-refractivity contribution in [3.63, 3.8) is 0 Å². The Bertz CT molecular complexity index is 333. The Kier molecular flexibility index (Phi) is 4.63. The van der Waals surface area contributed by atoms with Crippen LogP contribution in [0.3, 0.4) is 0 Å². The molecule has 1 saturated carbocycles. The van der Waals surface area contributed by atoms with E-state index in [-0.39, 0.29) is 0 Å². The van der Waals surface area contributed by atoms with Gasteiger partial charge in [0.25, 0.3) is 0 Å². The maximum atomic E-state index is 5.90. The molecule has 0 N–H and O–H groups in total. The molecule has 3 rings (SSSR count). The molecule has 122 valence electrons. The van der Waals surface area contributed by atoms with Crippen molar-refractivity contribution in [3.05, 3.63) is 0 Å². The van der Waals surface area contributed by atoms with E-state index >= 15 is 0 Å². The second kappa shape index (κ2) is 6.17. The van der Waals surface area contributed by atoms with Crippen LogP contribution >= 0.6 is 0 Å². The Hall–Kier alpha value is -0.120. The van der Waals surface area contributed by atoms with E-state index in [1.807, 2.05) is 0 Å². The molecule has 1 aliphatic carbocycles. The summed E-state index contributed by atoms with van der Waals surface area (Å²) in [6, 6.07) is 0. The maximum absolute atomic E-state index is 5.90. The summed E-state index contributed by atoms with van der Waals surface area (Å²) in [6.07, 6.45) is 8.87. The first-order valence-corrected chi connectivity index (χ1v) is 9.04. The van der Waals surface area contributed by atoms with E-state index in [0.29, 0.717) is 16.9 Å². The fourth-order valence-corrected chi connectivity index (χ4v) is 4.12. The van der Waals surface area contributed by atoms with Gasteiger partial charge in [0, 0.05) is 12.0 Å². The highest BCUT2D eigenvalue weighted by atomic mass is 16.5. The smallest absolute Gasteiger partial charge is 0.0538 e. The summed E-state index contributed by atoms with van der Waals surface area (Å²) in [5.74, 6) is 0. The van der Waals surface area contributed by atoms with Gasteiger partial charge in [0.05, 0.1) is 12.7 Å². The number of hydrogen-bond acceptors (Lipinski definition) is 3. The number of likely N-dealkylation sites (tertiary alicyclic amines) is 2. The minimum absolute atomic E-state index is 0.381. The van der Waals surface area contributed by atoms with Crippen LogP contribution in [0.5, 0.6) is 0 Å². The zero-order valence-electron chi connectivity index (χ0n) is 14.4. The predicted molar refractivity (Wildman–Crippen MR) is 87.6 cm³/mol. The SMILES string of the molecule is CC(C)OCC1(CN2CCC3(CCN(C)CC3)CC2)CC1. The van der Waals surface area contributed by atoms with Crippen molar-refractivity contribution in [1.82, 2.24) is 9.80 Å². The normalized spacial score (nSPS) is 29.1. The summed E-state index contributed by atoms with van der Waals surface area (Å²) < 4.78 is 5.90. The van der Waals surface area contributed by atoms with Crippen molar-refractivity contribution in [2.24, 2.45) is 10.8 Å². The molecule has 0 unspecified atom stereocenters. The number of hydrogen-bond donors (Lipinski definition) is 0. The summed E-state index contributed by atoms with van der Waals surface area (Å²) in [4.78, 5) is 5.24. The number of rotatable bonds is 5. The molecule has 3 aliphatic rings. The molecule has 1 spiro atoms. The molecule has 0 atom stereocenters. The lowest BCUT2D eigenvalue weighted by molar-refractivity contribution is 0.00719. The van der Waals surface area contributed by atoms with E-state index in [0.717, 1.165) is 6.61 Å².